The monoisotopic (exact) mass is 276 g/mol. The molecule has 0 aliphatic rings. The average molecular weight is 277 g/mol. The molecule has 0 spiro atoms. The standard InChI is InChI=1S/C11H21N2O.BrH/c1-2-12-8-9-13(11-12)7-5-3-4-6-10-14;/h8-9,11,14H,2-7,10H2,1H3;1H/q+1;/p-1. The number of imidazole rings is 1. The summed E-state index contributed by atoms with van der Waals surface area (Å²) >= 11 is 0. The van der Waals surface area contributed by atoms with Gasteiger partial charge in [-0.25, -0.2) is 9.13 Å². The number of hydrogen-bond donors (Lipinski definition) is 1. The lowest BCUT2D eigenvalue weighted by molar-refractivity contribution is -0.696. The van der Waals surface area contributed by atoms with Gasteiger partial charge in [0, 0.05) is 6.61 Å². The van der Waals surface area contributed by atoms with Crippen LogP contribution in [-0.4, -0.2) is 16.3 Å². The molecule has 1 N–H and O–H groups in total. The van der Waals surface area contributed by atoms with Gasteiger partial charge in [0.2, 0.25) is 6.33 Å². The van der Waals surface area contributed by atoms with Gasteiger partial charge in [-0.15, -0.1) is 0 Å². The number of nitrogens with zero attached hydrogens (tertiary/aromatic N) is 2. The van der Waals surface area contributed by atoms with Gasteiger partial charge < -0.3 is 22.1 Å². The fraction of sp³-hybridized carbons (Fsp3) is 0.727. The first kappa shape index (κ1) is 14.6. The molecule has 0 saturated carbocycles. The van der Waals surface area contributed by atoms with Crippen LogP contribution in [0.1, 0.15) is 32.6 Å². The lowest BCUT2D eigenvalue weighted by Gasteiger charge is -1.97. The summed E-state index contributed by atoms with van der Waals surface area (Å²) in [7, 11) is 0. The Balaban J connectivity index is 0.00000196. The van der Waals surface area contributed by atoms with Crippen LogP contribution < -0.4 is 21.5 Å². The Morgan fingerprint density at radius 1 is 1.20 bits per heavy atom. The Morgan fingerprint density at radius 2 is 1.93 bits per heavy atom. The van der Waals surface area contributed by atoms with Gasteiger partial charge in [-0.05, 0) is 26.2 Å². The highest BCUT2D eigenvalue weighted by atomic mass is 79.9. The van der Waals surface area contributed by atoms with Crippen LogP contribution in [0.15, 0.2) is 18.7 Å². The van der Waals surface area contributed by atoms with Crippen molar-refractivity contribution in [2.45, 2.75) is 45.7 Å². The van der Waals surface area contributed by atoms with Crippen molar-refractivity contribution in [1.82, 2.24) is 4.57 Å². The number of hydrogen-bond acceptors (Lipinski definition) is 1. The van der Waals surface area contributed by atoms with Crippen molar-refractivity contribution < 1.29 is 26.7 Å². The first-order valence-corrected chi connectivity index (χ1v) is 5.52. The van der Waals surface area contributed by atoms with Crippen LogP contribution in [0.3, 0.4) is 0 Å². The van der Waals surface area contributed by atoms with Crippen molar-refractivity contribution in [3.63, 3.8) is 0 Å². The number of rotatable bonds is 7. The fourth-order valence-corrected chi connectivity index (χ4v) is 1.52. The summed E-state index contributed by atoms with van der Waals surface area (Å²) < 4.78 is 4.40. The van der Waals surface area contributed by atoms with Gasteiger partial charge in [0.1, 0.15) is 12.4 Å². The quantitative estimate of drug-likeness (QED) is 0.470. The topological polar surface area (TPSA) is 29.0 Å². The van der Waals surface area contributed by atoms with E-state index in [1.54, 1.807) is 0 Å². The molecule has 1 aromatic heterocycles. The molecule has 4 heteroatoms. The lowest BCUT2D eigenvalue weighted by atomic mass is 10.2. The molecule has 0 amide bonds. The number of aliphatic hydroxyl groups excluding tert-OH is 1. The Hall–Kier alpha value is -0.350. The minimum atomic E-state index is 0. The maximum atomic E-state index is 8.61. The molecule has 0 fully saturated rings. The van der Waals surface area contributed by atoms with Gasteiger partial charge in [0.15, 0.2) is 0 Å². The number of aryl methyl sites for hydroxylation is 2. The zero-order valence-electron chi connectivity index (χ0n) is 9.40. The van der Waals surface area contributed by atoms with Crippen LogP contribution in [0.5, 0.6) is 0 Å². The van der Waals surface area contributed by atoms with Crippen LogP contribution in [0.2, 0.25) is 0 Å². The zero-order chi connectivity index (χ0) is 10.2. The van der Waals surface area contributed by atoms with E-state index in [2.05, 4.69) is 34.8 Å². The van der Waals surface area contributed by atoms with Crippen molar-refractivity contribution >= 4 is 0 Å². The second-order valence-corrected chi connectivity index (χ2v) is 3.62. The van der Waals surface area contributed by atoms with Gasteiger partial charge >= 0.3 is 0 Å². The van der Waals surface area contributed by atoms with Gasteiger partial charge in [-0.3, -0.25) is 0 Å². The van der Waals surface area contributed by atoms with E-state index in [9.17, 15) is 0 Å². The Bertz CT molecular complexity index is 250. The number of aromatic nitrogens is 2. The molecule has 0 aliphatic heterocycles. The van der Waals surface area contributed by atoms with Crippen molar-refractivity contribution in [1.29, 1.82) is 0 Å². The first-order chi connectivity index (χ1) is 6.86. The second-order valence-electron chi connectivity index (χ2n) is 3.62. The van der Waals surface area contributed by atoms with Crippen LogP contribution >= 0.6 is 0 Å². The van der Waals surface area contributed by atoms with Gasteiger partial charge in [-0.1, -0.05) is 6.42 Å². The average Bonchev–Trinajstić information content (AvgIpc) is 2.65. The van der Waals surface area contributed by atoms with E-state index >= 15 is 0 Å². The third-order valence-electron chi connectivity index (χ3n) is 2.44. The van der Waals surface area contributed by atoms with E-state index in [4.69, 9.17) is 5.11 Å². The summed E-state index contributed by atoms with van der Waals surface area (Å²) in [5.41, 5.74) is 0. The molecule has 88 valence electrons. The molecule has 0 atom stereocenters. The Morgan fingerprint density at radius 3 is 2.53 bits per heavy atom. The molecular formula is C11H21BrN2O. The third-order valence-corrected chi connectivity index (χ3v) is 2.44. The minimum Gasteiger partial charge on any atom is -1.00 e. The predicted molar refractivity (Wildman–Crippen MR) is 55.9 cm³/mol. The molecule has 0 radical (unpaired) electrons. The molecule has 1 rings (SSSR count). The highest BCUT2D eigenvalue weighted by Gasteiger charge is 2.00. The summed E-state index contributed by atoms with van der Waals surface area (Å²) in [4.78, 5) is 0. The molecule has 1 aromatic rings. The normalized spacial score (nSPS) is 10.0. The maximum Gasteiger partial charge on any atom is 0.243 e. The van der Waals surface area contributed by atoms with Crippen LogP contribution in [0.4, 0.5) is 0 Å². The second kappa shape index (κ2) is 8.92. The molecule has 15 heavy (non-hydrogen) atoms. The maximum absolute atomic E-state index is 8.61. The summed E-state index contributed by atoms with van der Waals surface area (Å²) in [6.07, 6.45) is 10.9. The Kier molecular flexibility index (Phi) is 8.71. The summed E-state index contributed by atoms with van der Waals surface area (Å²) in [6.45, 7) is 4.61. The molecule has 0 aliphatic carbocycles. The van der Waals surface area contributed by atoms with Crippen LogP contribution in [-0.2, 0) is 13.1 Å². The molecule has 3 nitrogen and oxygen atoms in total. The fourth-order valence-electron chi connectivity index (χ4n) is 1.52. The molecule has 0 bridgehead atoms. The van der Waals surface area contributed by atoms with Crippen molar-refractivity contribution in [3.8, 4) is 0 Å². The van der Waals surface area contributed by atoms with Crippen molar-refractivity contribution in [2.75, 3.05) is 6.61 Å². The number of unbranched alkanes of at least 4 members (excludes halogenated alkanes) is 3. The molecule has 1 heterocycles. The Labute approximate surface area is 103 Å². The van der Waals surface area contributed by atoms with Gasteiger partial charge in [0.25, 0.3) is 0 Å². The van der Waals surface area contributed by atoms with E-state index in [1.807, 2.05) is 0 Å². The van der Waals surface area contributed by atoms with Crippen LogP contribution in [0, 0.1) is 0 Å². The molecule has 0 unspecified atom stereocenters. The number of halogens is 1. The zero-order valence-corrected chi connectivity index (χ0v) is 11.0. The smallest absolute Gasteiger partial charge is 0.243 e. The summed E-state index contributed by atoms with van der Waals surface area (Å²) in [6, 6.07) is 0. The highest BCUT2D eigenvalue weighted by Crippen LogP contribution is 1.98. The first-order valence-electron chi connectivity index (χ1n) is 5.52. The highest BCUT2D eigenvalue weighted by molar-refractivity contribution is 4.64. The molecular weight excluding hydrogens is 256 g/mol. The minimum absolute atomic E-state index is 0. The van der Waals surface area contributed by atoms with Crippen molar-refractivity contribution in [2.24, 2.45) is 0 Å². The lowest BCUT2D eigenvalue weighted by Crippen LogP contribution is -3.00. The van der Waals surface area contributed by atoms with E-state index in [-0.39, 0.29) is 17.0 Å². The third kappa shape index (κ3) is 5.95. The predicted octanol–water partition coefficient (Wildman–Crippen LogP) is -1.65. The summed E-state index contributed by atoms with van der Waals surface area (Å²) in [5, 5.41) is 8.61. The van der Waals surface area contributed by atoms with E-state index in [1.165, 1.54) is 12.8 Å². The SMILES string of the molecule is CCn1cc[n+](CCCCCCO)c1.[Br-]. The molecule has 0 saturated heterocycles. The van der Waals surface area contributed by atoms with Gasteiger partial charge in [0.05, 0.1) is 13.1 Å². The van der Waals surface area contributed by atoms with E-state index in [0.29, 0.717) is 6.61 Å². The summed E-state index contributed by atoms with van der Waals surface area (Å²) in [5.74, 6) is 0. The largest absolute Gasteiger partial charge is 1.00 e. The molecule has 0 aromatic carbocycles. The van der Waals surface area contributed by atoms with E-state index < -0.39 is 0 Å². The van der Waals surface area contributed by atoms with Crippen LogP contribution in [0.25, 0.3) is 0 Å². The number of aliphatic hydroxyl groups is 1. The van der Waals surface area contributed by atoms with Gasteiger partial charge in [-0.2, -0.15) is 0 Å². The van der Waals surface area contributed by atoms with E-state index in [0.717, 1.165) is 25.9 Å². The van der Waals surface area contributed by atoms with Crippen molar-refractivity contribution in [3.05, 3.63) is 18.7 Å².